The first-order chi connectivity index (χ1) is 12.6. The van der Waals surface area contributed by atoms with Crippen molar-refractivity contribution in [2.75, 3.05) is 66.5 Å². The van der Waals surface area contributed by atoms with Crippen LogP contribution in [0.4, 0.5) is 0 Å². The van der Waals surface area contributed by atoms with Crippen molar-refractivity contribution in [3.05, 3.63) is 0 Å². The fourth-order valence-electron chi connectivity index (χ4n) is 4.68. The van der Waals surface area contributed by atoms with Crippen molar-refractivity contribution in [2.45, 2.75) is 51.1 Å². The largest absolute Gasteiger partial charge is 0.357 e. The number of rotatable bonds is 6. The van der Waals surface area contributed by atoms with Crippen molar-refractivity contribution in [1.29, 1.82) is 0 Å². The summed E-state index contributed by atoms with van der Waals surface area (Å²) in [5.74, 6) is 1.95. The van der Waals surface area contributed by atoms with E-state index in [0.717, 1.165) is 44.6 Å². The van der Waals surface area contributed by atoms with Crippen LogP contribution in [0.5, 0.6) is 0 Å². The lowest BCUT2D eigenvalue weighted by molar-refractivity contribution is 0.119. The highest BCUT2D eigenvalue weighted by molar-refractivity contribution is 5.80. The number of likely N-dealkylation sites (tertiary alicyclic amines) is 1. The summed E-state index contributed by atoms with van der Waals surface area (Å²) >= 11 is 0. The molecule has 1 aliphatic carbocycles. The zero-order valence-corrected chi connectivity index (χ0v) is 17.2. The maximum atomic E-state index is 4.92. The van der Waals surface area contributed by atoms with Crippen LogP contribution in [0, 0.1) is 5.92 Å². The predicted molar refractivity (Wildman–Crippen MR) is 110 cm³/mol. The Balaban J connectivity index is 1.46. The van der Waals surface area contributed by atoms with Crippen LogP contribution < -0.4 is 10.6 Å². The summed E-state index contributed by atoms with van der Waals surface area (Å²) < 4.78 is 0. The molecule has 1 saturated carbocycles. The van der Waals surface area contributed by atoms with Crippen molar-refractivity contribution < 1.29 is 0 Å². The summed E-state index contributed by atoms with van der Waals surface area (Å²) in [6.45, 7) is 11.1. The van der Waals surface area contributed by atoms with Crippen molar-refractivity contribution in [1.82, 2.24) is 25.3 Å². The first kappa shape index (κ1) is 19.9. The summed E-state index contributed by atoms with van der Waals surface area (Å²) in [4.78, 5) is 12.5. The highest BCUT2D eigenvalue weighted by Gasteiger charge is 2.27. The molecule has 0 bridgehead atoms. The van der Waals surface area contributed by atoms with Crippen molar-refractivity contribution in [2.24, 2.45) is 10.9 Å². The average molecular weight is 365 g/mol. The van der Waals surface area contributed by atoms with Crippen molar-refractivity contribution in [3.63, 3.8) is 0 Å². The van der Waals surface area contributed by atoms with E-state index in [1.807, 2.05) is 0 Å². The lowest BCUT2D eigenvalue weighted by atomic mass is 10.1. The minimum atomic E-state index is 0.520. The molecule has 6 heteroatoms. The fraction of sp³-hybridized carbons (Fsp3) is 0.950. The van der Waals surface area contributed by atoms with E-state index in [1.165, 1.54) is 51.7 Å². The number of aliphatic imine (C=N–C) groups is 1. The van der Waals surface area contributed by atoms with E-state index in [0.29, 0.717) is 12.1 Å². The van der Waals surface area contributed by atoms with Crippen LogP contribution >= 0.6 is 0 Å². The van der Waals surface area contributed by atoms with Gasteiger partial charge in [-0.25, -0.2) is 0 Å². The molecule has 2 heterocycles. The SMILES string of the molecule is CCNC(=NCC1CN(C)CCN1C)NC1CCN(CC2CCCC2)C1. The summed E-state index contributed by atoms with van der Waals surface area (Å²) in [7, 11) is 4.44. The number of nitrogens with zero attached hydrogens (tertiary/aromatic N) is 4. The molecule has 3 aliphatic rings. The molecule has 3 rings (SSSR count). The predicted octanol–water partition coefficient (Wildman–Crippen LogP) is 1.05. The van der Waals surface area contributed by atoms with Crippen LogP contribution in [0.3, 0.4) is 0 Å². The Morgan fingerprint density at radius 2 is 1.85 bits per heavy atom. The molecule has 150 valence electrons. The molecule has 2 atom stereocenters. The van der Waals surface area contributed by atoms with E-state index in [2.05, 4.69) is 46.4 Å². The number of guanidine groups is 1. The van der Waals surface area contributed by atoms with E-state index < -0.39 is 0 Å². The molecule has 2 aliphatic heterocycles. The first-order valence-electron chi connectivity index (χ1n) is 10.8. The Labute approximate surface area is 160 Å². The molecule has 0 aromatic rings. The third-order valence-corrected chi connectivity index (χ3v) is 6.39. The second kappa shape index (κ2) is 9.90. The Bertz CT molecular complexity index is 448. The van der Waals surface area contributed by atoms with Gasteiger partial charge in [0.25, 0.3) is 0 Å². The van der Waals surface area contributed by atoms with Gasteiger partial charge >= 0.3 is 0 Å². The molecule has 26 heavy (non-hydrogen) atoms. The Morgan fingerprint density at radius 1 is 1.04 bits per heavy atom. The van der Waals surface area contributed by atoms with Crippen LogP contribution in [0.25, 0.3) is 0 Å². The van der Waals surface area contributed by atoms with Gasteiger partial charge in [-0.05, 0) is 46.2 Å². The van der Waals surface area contributed by atoms with E-state index in [1.54, 1.807) is 0 Å². The number of nitrogens with one attached hydrogen (secondary N) is 2. The first-order valence-corrected chi connectivity index (χ1v) is 10.8. The Morgan fingerprint density at radius 3 is 2.62 bits per heavy atom. The number of piperazine rings is 1. The van der Waals surface area contributed by atoms with E-state index in [9.17, 15) is 0 Å². The zero-order chi connectivity index (χ0) is 18.4. The highest BCUT2D eigenvalue weighted by atomic mass is 15.3. The molecule has 6 nitrogen and oxygen atoms in total. The molecule has 3 fully saturated rings. The Hall–Kier alpha value is -0.850. The van der Waals surface area contributed by atoms with Gasteiger partial charge in [-0.2, -0.15) is 0 Å². The summed E-state index contributed by atoms with van der Waals surface area (Å²) in [5.41, 5.74) is 0. The summed E-state index contributed by atoms with van der Waals surface area (Å²) in [5, 5.41) is 7.15. The summed E-state index contributed by atoms with van der Waals surface area (Å²) in [6.07, 6.45) is 7.03. The fourth-order valence-corrected chi connectivity index (χ4v) is 4.68. The van der Waals surface area contributed by atoms with Crippen molar-refractivity contribution >= 4 is 5.96 Å². The quantitative estimate of drug-likeness (QED) is 0.545. The van der Waals surface area contributed by atoms with Gasteiger partial charge in [-0.1, -0.05) is 12.8 Å². The lowest BCUT2D eigenvalue weighted by Gasteiger charge is -2.37. The standard InChI is InChI=1S/C20H40N6/c1-4-21-20(22-13-19-16-24(2)11-12-25(19)3)23-18-9-10-26(15-18)14-17-7-5-6-8-17/h17-19H,4-16H2,1-3H3,(H2,21,22,23). The van der Waals surface area contributed by atoms with Gasteiger partial charge in [0.1, 0.15) is 0 Å². The summed E-state index contributed by atoms with van der Waals surface area (Å²) in [6, 6.07) is 1.06. The number of hydrogen-bond donors (Lipinski definition) is 2. The normalized spacial score (nSPS) is 30.2. The maximum Gasteiger partial charge on any atom is 0.191 e. The van der Waals surface area contributed by atoms with Crippen LogP contribution in [0.15, 0.2) is 4.99 Å². The van der Waals surface area contributed by atoms with Gasteiger partial charge in [0.2, 0.25) is 0 Å². The lowest BCUT2D eigenvalue weighted by Crippen LogP contribution is -2.52. The second-order valence-electron chi connectivity index (χ2n) is 8.66. The minimum Gasteiger partial charge on any atom is -0.357 e. The maximum absolute atomic E-state index is 4.92. The van der Waals surface area contributed by atoms with Crippen LogP contribution in [-0.2, 0) is 0 Å². The van der Waals surface area contributed by atoms with E-state index in [4.69, 9.17) is 4.99 Å². The van der Waals surface area contributed by atoms with Crippen LogP contribution in [-0.4, -0.2) is 99.2 Å². The number of hydrogen-bond acceptors (Lipinski definition) is 4. The zero-order valence-electron chi connectivity index (χ0n) is 17.2. The van der Waals surface area contributed by atoms with Gasteiger partial charge in [0.05, 0.1) is 6.54 Å². The van der Waals surface area contributed by atoms with E-state index in [-0.39, 0.29) is 0 Å². The smallest absolute Gasteiger partial charge is 0.191 e. The molecule has 0 radical (unpaired) electrons. The van der Waals surface area contributed by atoms with Gasteiger partial charge < -0.3 is 20.4 Å². The molecule has 2 unspecified atom stereocenters. The third kappa shape index (κ3) is 5.83. The minimum absolute atomic E-state index is 0.520. The topological polar surface area (TPSA) is 46.1 Å². The van der Waals surface area contributed by atoms with Gasteiger partial charge in [0, 0.05) is 57.9 Å². The highest BCUT2D eigenvalue weighted by Crippen LogP contribution is 2.26. The molecule has 0 aromatic carbocycles. The number of likely N-dealkylation sites (N-methyl/N-ethyl adjacent to an activating group) is 2. The van der Waals surface area contributed by atoms with Crippen LogP contribution in [0.2, 0.25) is 0 Å². The van der Waals surface area contributed by atoms with Gasteiger partial charge in [-0.15, -0.1) is 0 Å². The molecule has 2 saturated heterocycles. The molecular formula is C20H40N6. The van der Waals surface area contributed by atoms with E-state index >= 15 is 0 Å². The molecule has 0 aromatic heterocycles. The van der Waals surface area contributed by atoms with Crippen molar-refractivity contribution in [3.8, 4) is 0 Å². The second-order valence-corrected chi connectivity index (χ2v) is 8.66. The van der Waals surface area contributed by atoms with Gasteiger partial charge in [-0.3, -0.25) is 9.89 Å². The van der Waals surface area contributed by atoms with Gasteiger partial charge in [0.15, 0.2) is 5.96 Å². The molecule has 0 spiro atoms. The Kier molecular flexibility index (Phi) is 7.58. The monoisotopic (exact) mass is 364 g/mol. The molecule has 0 amide bonds. The molecular weight excluding hydrogens is 324 g/mol. The van der Waals surface area contributed by atoms with Crippen LogP contribution in [0.1, 0.15) is 39.0 Å². The molecule has 2 N–H and O–H groups in total. The third-order valence-electron chi connectivity index (χ3n) is 6.39. The average Bonchev–Trinajstić information content (AvgIpc) is 3.28.